The van der Waals surface area contributed by atoms with E-state index in [0.717, 1.165) is 28.0 Å². The van der Waals surface area contributed by atoms with E-state index in [4.69, 9.17) is 4.74 Å². The van der Waals surface area contributed by atoms with Crippen LogP contribution in [0, 0.1) is 13.8 Å². The number of amides is 1. The third kappa shape index (κ3) is 6.43. The van der Waals surface area contributed by atoms with Crippen LogP contribution in [-0.4, -0.2) is 32.3 Å². The Bertz CT molecular complexity index is 1190. The van der Waals surface area contributed by atoms with Gasteiger partial charge >= 0.3 is 0 Å². The first-order valence-corrected chi connectivity index (χ1v) is 12.2. The highest BCUT2D eigenvalue weighted by molar-refractivity contribution is 7.89. The molecule has 0 radical (unpaired) electrons. The van der Waals surface area contributed by atoms with Crippen LogP contribution < -0.4 is 10.1 Å². The fourth-order valence-electron chi connectivity index (χ4n) is 3.52. The molecule has 1 amide bonds. The zero-order chi connectivity index (χ0) is 24.0. The van der Waals surface area contributed by atoms with Crippen molar-refractivity contribution in [1.82, 2.24) is 9.62 Å². The van der Waals surface area contributed by atoms with Crippen LogP contribution >= 0.6 is 0 Å². The van der Waals surface area contributed by atoms with E-state index in [1.54, 1.807) is 31.4 Å². The minimum absolute atomic E-state index is 0.0994. The van der Waals surface area contributed by atoms with Gasteiger partial charge in [-0.25, -0.2) is 8.42 Å². The summed E-state index contributed by atoms with van der Waals surface area (Å²) in [6, 6.07) is 21.4. The van der Waals surface area contributed by atoms with E-state index in [2.05, 4.69) is 5.32 Å². The lowest BCUT2D eigenvalue weighted by Crippen LogP contribution is -2.41. The van der Waals surface area contributed by atoms with Gasteiger partial charge in [0.05, 0.1) is 24.6 Å². The molecule has 0 aliphatic rings. The van der Waals surface area contributed by atoms with Gasteiger partial charge in [-0.2, -0.15) is 4.31 Å². The van der Waals surface area contributed by atoms with Crippen LogP contribution in [0.25, 0.3) is 0 Å². The average Bonchev–Trinajstić information content (AvgIpc) is 2.79. The maximum atomic E-state index is 13.4. The van der Waals surface area contributed by atoms with Crippen LogP contribution in [0.15, 0.2) is 77.7 Å². The predicted molar refractivity (Wildman–Crippen MR) is 130 cm³/mol. The molecule has 0 saturated heterocycles. The molecule has 0 fully saturated rings. The normalized spacial score (nSPS) is 12.4. The van der Waals surface area contributed by atoms with Crippen molar-refractivity contribution < 1.29 is 17.9 Å². The Balaban J connectivity index is 1.82. The number of nitrogens with one attached hydrogen (secondary N) is 1. The summed E-state index contributed by atoms with van der Waals surface area (Å²) in [5, 5.41) is 2.91. The number of ether oxygens (including phenoxy) is 1. The largest absolute Gasteiger partial charge is 0.497 e. The number of aryl methyl sites for hydroxylation is 2. The van der Waals surface area contributed by atoms with Gasteiger partial charge in [-0.1, -0.05) is 59.7 Å². The van der Waals surface area contributed by atoms with Gasteiger partial charge in [-0.05, 0) is 56.2 Å². The maximum absolute atomic E-state index is 13.4. The van der Waals surface area contributed by atoms with Gasteiger partial charge in [0.2, 0.25) is 15.9 Å². The standard InChI is InChI=1S/C26H30N2O4S/c1-19-8-14-25(15-9-19)33(30,31)28(17-22-7-5-6-20(2)16-22)18-26(29)27-21(3)23-10-12-24(32-4)13-11-23/h5-16,21H,17-18H2,1-4H3,(H,27,29). The van der Waals surface area contributed by atoms with E-state index in [-0.39, 0.29) is 29.9 Å². The van der Waals surface area contributed by atoms with Crippen molar-refractivity contribution in [2.24, 2.45) is 0 Å². The van der Waals surface area contributed by atoms with Gasteiger partial charge < -0.3 is 10.1 Å². The van der Waals surface area contributed by atoms with E-state index < -0.39 is 10.0 Å². The summed E-state index contributed by atoms with van der Waals surface area (Å²) >= 11 is 0. The lowest BCUT2D eigenvalue weighted by molar-refractivity contribution is -0.122. The second-order valence-electron chi connectivity index (χ2n) is 8.14. The molecule has 3 aromatic rings. The highest BCUT2D eigenvalue weighted by atomic mass is 32.2. The molecule has 1 atom stereocenters. The first-order chi connectivity index (χ1) is 15.7. The van der Waals surface area contributed by atoms with Gasteiger partial charge in [0.15, 0.2) is 0 Å². The minimum Gasteiger partial charge on any atom is -0.497 e. The van der Waals surface area contributed by atoms with E-state index in [1.165, 1.54) is 4.31 Å². The van der Waals surface area contributed by atoms with Crippen LogP contribution in [0.2, 0.25) is 0 Å². The number of sulfonamides is 1. The fourth-order valence-corrected chi connectivity index (χ4v) is 4.91. The summed E-state index contributed by atoms with van der Waals surface area (Å²) in [7, 11) is -2.28. The molecule has 6 nitrogen and oxygen atoms in total. The molecule has 0 saturated carbocycles. The van der Waals surface area contributed by atoms with Crippen LogP contribution in [-0.2, 0) is 21.4 Å². The molecule has 3 aromatic carbocycles. The average molecular weight is 467 g/mol. The predicted octanol–water partition coefficient (Wildman–Crippen LogP) is 4.38. The van der Waals surface area contributed by atoms with E-state index in [0.29, 0.717) is 0 Å². The molecular weight excluding hydrogens is 436 g/mol. The van der Waals surface area contributed by atoms with Crippen LogP contribution in [0.3, 0.4) is 0 Å². The second kappa shape index (κ2) is 10.6. The maximum Gasteiger partial charge on any atom is 0.243 e. The van der Waals surface area contributed by atoms with E-state index in [9.17, 15) is 13.2 Å². The van der Waals surface area contributed by atoms with Gasteiger partial charge in [0.1, 0.15) is 5.75 Å². The van der Waals surface area contributed by atoms with Gasteiger partial charge in [-0.3, -0.25) is 4.79 Å². The number of rotatable bonds is 9. The molecule has 7 heteroatoms. The molecular formula is C26H30N2O4S. The summed E-state index contributed by atoms with van der Waals surface area (Å²) in [6.45, 7) is 5.52. The zero-order valence-electron chi connectivity index (χ0n) is 19.4. The number of carbonyl (C=O) groups is 1. The van der Waals surface area contributed by atoms with Crippen LogP contribution in [0.1, 0.15) is 35.2 Å². The number of methoxy groups -OCH3 is 1. The van der Waals surface area contributed by atoms with Crippen molar-refractivity contribution in [3.05, 3.63) is 95.1 Å². The summed E-state index contributed by atoms with van der Waals surface area (Å²) in [6.07, 6.45) is 0. The van der Waals surface area contributed by atoms with Crippen LogP contribution in [0.4, 0.5) is 0 Å². The van der Waals surface area contributed by atoms with Crippen molar-refractivity contribution in [1.29, 1.82) is 0 Å². The number of hydrogen-bond donors (Lipinski definition) is 1. The fraction of sp³-hybridized carbons (Fsp3) is 0.269. The molecule has 0 bridgehead atoms. The van der Waals surface area contributed by atoms with Crippen molar-refractivity contribution in [3.63, 3.8) is 0 Å². The summed E-state index contributed by atoms with van der Waals surface area (Å²) in [5.41, 5.74) is 3.71. The lowest BCUT2D eigenvalue weighted by Gasteiger charge is -2.23. The lowest BCUT2D eigenvalue weighted by atomic mass is 10.1. The Morgan fingerprint density at radius 3 is 2.24 bits per heavy atom. The molecule has 0 aliphatic carbocycles. The molecule has 0 aromatic heterocycles. The Labute approximate surface area is 196 Å². The van der Waals surface area contributed by atoms with E-state index in [1.807, 2.05) is 69.3 Å². The molecule has 1 unspecified atom stereocenters. The Morgan fingerprint density at radius 2 is 1.64 bits per heavy atom. The quantitative estimate of drug-likeness (QED) is 0.508. The summed E-state index contributed by atoms with van der Waals surface area (Å²) in [4.78, 5) is 13.1. The number of hydrogen-bond acceptors (Lipinski definition) is 4. The third-order valence-electron chi connectivity index (χ3n) is 5.41. The Hall–Kier alpha value is -3.16. The van der Waals surface area contributed by atoms with Gasteiger partial charge in [0, 0.05) is 6.54 Å². The Morgan fingerprint density at radius 1 is 0.970 bits per heavy atom. The van der Waals surface area contributed by atoms with Gasteiger partial charge in [-0.15, -0.1) is 0 Å². The summed E-state index contributed by atoms with van der Waals surface area (Å²) in [5.74, 6) is 0.354. The van der Waals surface area contributed by atoms with Gasteiger partial charge in [0.25, 0.3) is 0 Å². The molecule has 174 valence electrons. The number of carbonyl (C=O) groups excluding carboxylic acids is 1. The number of benzene rings is 3. The third-order valence-corrected chi connectivity index (χ3v) is 7.22. The molecule has 0 spiro atoms. The van der Waals surface area contributed by atoms with Crippen molar-refractivity contribution in [3.8, 4) is 5.75 Å². The number of nitrogens with zero attached hydrogens (tertiary/aromatic N) is 1. The highest BCUT2D eigenvalue weighted by Crippen LogP contribution is 2.21. The zero-order valence-corrected chi connectivity index (χ0v) is 20.2. The monoisotopic (exact) mass is 466 g/mol. The van der Waals surface area contributed by atoms with Crippen LogP contribution in [0.5, 0.6) is 5.75 Å². The SMILES string of the molecule is COc1ccc(C(C)NC(=O)CN(Cc2cccc(C)c2)S(=O)(=O)c2ccc(C)cc2)cc1. The molecule has 0 aliphatic heterocycles. The molecule has 0 heterocycles. The van der Waals surface area contributed by atoms with Crippen molar-refractivity contribution in [2.75, 3.05) is 13.7 Å². The Kier molecular flexibility index (Phi) is 7.89. The minimum atomic E-state index is -3.88. The molecule has 3 rings (SSSR count). The smallest absolute Gasteiger partial charge is 0.243 e. The van der Waals surface area contributed by atoms with E-state index >= 15 is 0 Å². The van der Waals surface area contributed by atoms with Crippen molar-refractivity contribution in [2.45, 2.75) is 38.3 Å². The second-order valence-corrected chi connectivity index (χ2v) is 10.1. The van der Waals surface area contributed by atoms with Crippen molar-refractivity contribution >= 4 is 15.9 Å². The topological polar surface area (TPSA) is 75.7 Å². The summed E-state index contributed by atoms with van der Waals surface area (Å²) < 4.78 is 33.3. The first-order valence-electron chi connectivity index (χ1n) is 10.7. The molecule has 1 N–H and O–H groups in total. The molecule has 33 heavy (non-hydrogen) atoms. The first kappa shape index (κ1) is 24.5. The highest BCUT2D eigenvalue weighted by Gasteiger charge is 2.27.